The minimum absolute atomic E-state index is 0.0463. The van der Waals surface area contributed by atoms with Crippen molar-refractivity contribution in [3.63, 3.8) is 0 Å². The van der Waals surface area contributed by atoms with Crippen LogP contribution in [-0.4, -0.2) is 31.4 Å². The molecule has 0 aliphatic carbocycles. The summed E-state index contributed by atoms with van der Waals surface area (Å²) in [6.07, 6.45) is 0.757. The summed E-state index contributed by atoms with van der Waals surface area (Å²) in [4.78, 5) is 35.3. The lowest BCUT2D eigenvalue weighted by molar-refractivity contribution is -0.118. The fourth-order valence-electron chi connectivity index (χ4n) is 2.52. The van der Waals surface area contributed by atoms with Gasteiger partial charge in [0.1, 0.15) is 5.75 Å². The normalized spacial score (nSPS) is 10.2. The summed E-state index contributed by atoms with van der Waals surface area (Å²) in [6, 6.07) is 12.0. The average Bonchev–Trinajstić information content (AvgIpc) is 2.66. The van der Waals surface area contributed by atoms with Crippen molar-refractivity contribution in [2.45, 2.75) is 19.3 Å². The van der Waals surface area contributed by atoms with Gasteiger partial charge < -0.3 is 21.1 Å². The predicted molar refractivity (Wildman–Crippen MR) is 108 cm³/mol. The third kappa shape index (κ3) is 6.28. The van der Waals surface area contributed by atoms with Crippen molar-refractivity contribution < 1.29 is 19.1 Å². The van der Waals surface area contributed by atoms with Gasteiger partial charge in [-0.05, 0) is 36.2 Å². The smallest absolute Gasteiger partial charge is 0.253 e. The average molecular weight is 404 g/mol. The Morgan fingerprint density at radius 1 is 1.11 bits per heavy atom. The first-order chi connectivity index (χ1) is 13.4. The Balaban J connectivity index is 1.95. The monoisotopic (exact) mass is 403 g/mol. The Labute approximate surface area is 168 Å². The molecule has 0 aliphatic heterocycles. The lowest BCUT2D eigenvalue weighted by Crippen LogP contribution is -2.28. The van der Waals surface area contributed by atoms with E-state index in [9.17, 15) is 14.4 Å². The second kappa shape index (κ2) is 10.3. The van der Waals surface area contributed by atoms with Crippen molar-refractivity contribution in [2.24, 2.45) is 5.73 Å². The second-order valence-corrected chi connectivity index (χ2v) is 6.44. The molecule has 0 saturated heterocycles. The van der Waals surface area contributed by atoms with Crippen molar-refractivity contribution >= 4 is 35.0 Å². The number of hydrogen-bond acceptors (Lipinski definition) is 4. The SMILES string of the molecule is COc1ccc(CCC(=O)Nc2ccccc2C(=O)NCCC(N)=O)cc1Cl. The maximum atomic E-state index is 12.3. The van der Waals surface area contributed by atoms with Crippen LogP contribution in [0.3, 0.4) is 0 Å². The number of carbonyl (C=O) groups excluding carboxylic acids is 3. The molecule has 0 aliphatic rings. The fraction of sp³-hybridized carbons (Fsp3) is 0.250. The molecule has 3 amide bonds. The standard InChI is InChI=1S/C20H22ClN3O4/c1-28-17-8-6-13(12-15(17)21)7-9-19(26)24-16-5-3-2-4-14(16)20(27)23-11-10-18(22)25/h2-6,8,12H,7,9-11H2,1H3,(H2,22,25)(H,23,27)(H,24,26). The molecular weight excluding hydrogens is 382 g/mol. The van der Waals surface area contributed by atoms with E-state index < -0.39 is 5.91 Å². The van der Waals surface area contributed by atoms with E-state index in [1.54, 1.807) is 36.4 Å². The van der Waals surface area contributed by atoms with Gasteiger partial charge in [0.25, 0.3) is 5.91 Å². The molecule has 0 unspecified atom stereocenters. The Hall–Kier alpha value is -3.06. The van der Waals surface area contributed by atoms with E-state index in [2.05, 4.69) is 10.6 Å². The van der Waals surface area contributed by atoms with Crippen LogP contribution in [0.4, 0.5) is 5.69 Å². The van der Waals surface area contributed by atoms with Crippen LogP contribution in [0.25, 0.3) is 0 Å². The molecule has 28 heavy (non-hydrogen) atoms. The number of methoxy groups -OCH3 is 1. The number of rotatable bonds is 9. The van der Waals surface area contributed by atoms with Gasteiger partial charge in [0.2, 0.25) is 11.8 Å². The highest BCUT2D eigenvalue weighted by atomic mass is 35.5. The summed E-state index contributed by atoms with van der Waals surface area (Å²) in [5, 5.41) is 5.83. The number of ether oxygens (including phenoxy) is 1. The molecule has 8 heteroatoms. The van der Waals surface area contributed by atoms with Gasteiger partial charge in [-0.1, -0.05) is 29.8 Å². The molecule has 0 heterocycles. The minimum Gasteiger partial charge on any atom is -0.495 e. The van der Waals surface area contributed by atoms with Crippen molar-refractivity contribution in [3.05, 3.63) is 58.6 Å². The van der Waals surface area contributed by atoms with Crippen LogP contribution in [0.5, 0.6) is 5.75 Å². The molecule has 7 nitrogen and oxygen atoms in total. The van der Waals surface area contributed by atoms with Gasteiger partial charge in [0.05, 0.1) is 23.4 Å². The van der Waals surface area contributed by atoms with Gasteiger partial charge in [-0.2, -0.15) is 0 Å². The molecule has 2 rings (SSSR count). The lowest BCUT2D eigenvalue weighted by atomic mass is 10.1. The van der Waals surface area contributed by atoms with E-state index in [1.807, 2.05) is 6.07 Å². The Kier molecular flexibility index (Phi) is 7.83. The van der Waals surface area contributed by atoms with Gasteiger partial charge in [0.15, 0.2) is 0 Å². The minimum atomic E-state index is -0.500. The molecule has 0 saturated carbocycles. The summed E-state index contributed by atoms with van der Waals surface area (Å²) >= 11 is 6.09. The van der Waals surface area contributed by atoms with Gasteiger partial charge in [-0.3, -0.25) is 14.4 Å². The quantitative estimate of drug-likeness (QED) is 0.597. The summed E-state index contributed by atoms with van der Waals surface area (Å²) in [6.45, 7) is 0.134. The first-order valence-corrected chi connectivity index (χ1v) is 9.06. The number of para-hydroxylation sites is 1. The lowest BCUT2D eigenvalue weighted by Gasteiger charge is -2.11. The van der Waals surface area contributed by atoms with Crippen LogP contribution in [0.1, 0.15) is 28.8 Å². The largest absolute Gasteiger partial charge is 0.495 e. The molecule has 0 atom stereocenters. The third-order valence-electron chi connectivity index (χ3n) is 3.96. The molecule has 0 radical (unpaired) electrons. The predicted octanol–water partition coefficient (Wildman–Crippen LogP) is 2.53. The van der Waals surface area contributed by atoms with Gasteiger partial charge in [0, 0.05) is 19.4 Å². The molecule has 0 aromatic heterocycles. The highest BCUT2D eigenvalue weighted by Crippen LogP contribution is 2.25. The van der Waals surface area contributed by atoms with E-state index in [0.717, 1.165) is 5.56 Å². The van der Waals surface area contributed by atoms with E-state index >= 15 is 0 Å². The number of nitrogens with two attached hydrogens (primary N) is 1. The molecule has 0 bridgehead atoms. The number of primary amides is 1. The van der Waals surface area contributed by atoms with Gasteiger partial charge in [-0.25, -0.2) is 0 Å². The molecule has 2 aromatic carbocycles. The van der Waals surface area contributed by atoms with Crippen LogP contribution in [-0.2, 0) is 16.0 Å². The number of benzene rings is 2. The summed E-state index contributed by atoms with van der Waals surface area (Å²) in [5.74, 6) is -0.546. The number of anilines is 1. The van der Waals surface area contributed by atoms with Crippen LogP contribution in [0.2, 0.25) is 5.02 Å². The summed E-state index contributed by atoms with van der Waals surface area (Å²) < 4.78 is 5.11. The number of nitrogens with one attached hydrogen (secondary N) is 2. The molecular formula is C20H22ClN3O4. The number of halogens is 1. The second-order valence-electron chi connectivity index (χ2n) is 6.03. The number of aryl methyl sites for hydroxylation is 1. The number of carbonyl (C=O) groups is 3. The molecule has 2 aromatic rings. The highest BCUT2D eigenvalue weighted by molar-refractivity contribution is 6.32. The molecule has 148 valence electrons. The zero-order valence-electron chi connectivity index (χ0n) is 15.5. The zero-order valence-corrected chi connectivity index (χ0v) is 16.2. The highest BCUT2D eigenvalue weighted by Gasteiger charge is 2.13. The first-order valence-electron chi connectivity index (χ1n) is 8.68. The number of hydrogen-bond donors (Lipinski definition) is 3. The Morgan fingerprint density at radius 3 is 2.54 bits per heavy atom. The van der Waals surface area contributed by atoms with Crippen molar-refractivity contribution in [3.8, 4) is 5.75 Å². The molecule has 4 N–H and O–H groups in total. The third-order valence-corrected chi connectivity index (χ3v) is 4.26. The van der Waals surface area contributed by atoms with Crippen LogP contribution >= 0.6 is 11.6 Å². The summed E-state index contributed by atoms with van der Waals surface area (Å²) in [7, 11) is 1.54. The van der Waals surface area contributed by atoms with Crippen molar-refractivity contribution in [2.75, 3.05) is 19.0 Å². The maximum absolute atomic E-state index is 12.3. The van der Waals surface area contributed by atoms with E-state index in [1.165, 1.54) is 7.11 Å². The van der Waals surface area contributed by atoms with E-state index in [-0.39, 0.29) is 31.2 Å². The Morgan fingerprint density at radius 2 is 1.86 bits per heavy atom. The maximum Gasteiger partial charge on any atom is 0.253 e. The van der Waals surface area contributed by atoms with Crippen molar-refractivity contribution in [1.82, 2.24) is 5.32 Å². The van der Waals surface area contributed by atoms with Crippen LogP contribution in [0, 0.1) is 0 Å². The van der Waals surface area contributed by atoms with Crippen LogP contribution in [0.15, 0.2) is 42.5 Å². The number of amides is 3. The molecule has 0 fully saturated rings. The topological polar surface area (TPSA) is 111 Å². The first kappa shape index (κ1) is 21.2. The summed E-state index contributed by atoms with van der Waals surface area (Å²) in [5.41, 5.74) is 6.67. The van der Waals surface area contributed by atoms with Crippen molar-refractivity contribution in [1.29, 1.82) is 0 Å². The van der Waals surface area contributed by atoms with E-state index in [4.69, 9.17) is 22.1 Å². The Bertz CT molecular complexity index is 870. The zero-order chi connectivity index (χ0) is 20.5. The fourth-order valence-corrected chi connectivity index (χ4v) is 2.80. The van der Waals surface area contributed by atoms with Crippen LogP contribution < -0.4 is 21.1 Å². The van der Waals surface area contributed by atoms with E-state index in [0.29, 0.717) is 28.4 Å². The van der Waals surface area contributed by atoms with Gasteiger partial charge >= 0.3 is 0 Å². The van der Waals surface area contributed by atoms with Gasteiger partial charge in [-0.15, -0.1) is 0 Å². The molecule has 0 spiro atoms.